The highest BCUT2D eigenvalue weighted by molar-refractivity contribution is 6.29. The minimum Gasteiger partial charge on any atom is -0.368 e. The van der Waals surface area contributed by atoms with Crippen LogP contribution in [0.25, 0.3) is 0 Å². The minimum atomic E-state index is -0.613. The van der Waals surface area contributed by atoms with Crippen molar-refractivity contribution in [3.05, 3.63) is 46.6 Å². The third-order valence-corrected chi connectivity index (χ3v) is 2.71. The van der Waals surface area contributed by atoms with Crippen molar-refractivity contribution in [2.75, 3.05) is 17.7 Å². The molecule has 0 aliphatic heterocycles. The van der Waals surface area contributed by atoms with Crippen LogP contribution in [0.1, 0.15) is 5.56 Å². The predicted molar refractivity (Wildman–Crippen MR) is 69.9 cm³/mol. The van der Waals surface area contributed by atoms with Gasteiger partial charge in [-0.05, 0) is 6.07 Å². The average molecular weight is 285 g/mol. The van der Waals surface area contributed by atoms with Crippen molar-refractivity contribution in [2.45, 2.75) is 6.54 Å². The summed E-state index contributed by atoms with van der Waals surface area (Å²) in [6.07, 6.45) is 0. The summed E-state index contributed by atoms with van der Waals surface area (Å²) >= 11 is 5.77. The highest BCUT2D eigenvalue weighted by Gasteiger charge is 2.10. The van der Waals surface area contributed by atoms with E-state index in [1.165, 1.54) is 18.2 Å². The first-order chi connectivity index (χ1) is 8.95. The molecule has 4 nitrogen and oxygen atoms in total. The first-order valence-electron chi connectivity index (χ1n) is 5.41. The van der Waals surface area contributed by atoms with Crippen molar-refractivity contribution in [1.29, 1.82) is 0 Å². The third-order valence-electron chi connectivity index (χ3n) is 2.51. The van der Waals surface area contributed by atoms with Crippen LogP contribution < -0.4 is 10.6 Å². The maximum atomic E-state index is 13.5. The summed E-state index contributed by atoms with van der Waals surface area (Å²) in [5.41, 5.74) is 5.83. The van der Waals surface area contributed by atoms with E-state index in [9.17, 15) is 8.78 Å². The van der Waals surface area contributed by atoms with Crippen molar-refractivity contribution in [2.24, 2.45) is 0 Å². The second kappa shape index (κ2) is 5.36. The lowest BCUT2D eigenvalue weighted by Gasteiger charge is -2.18. The molecule has 1 aromatic carbocycles. The van der Waals surface area contributed by atoms with Crippen LogP contribution in [-0.4, -0.2) is 17.0 Å². The summed E-state index contributed by atoms with van der Waals surface area (Å²) in [6.45, 7) is 0.207. The normalized spacial score (nSPS) is 10.5. The van der Waals surface area contributed by atoms with Crippen LogP contribution in [0, 0.1) is 11.6 Å². The van der Waals surface area contributed by atoms with E-state index >= 15 is 0 Å². The van der Waals surface area contributed by atoms with Crippen LogP contribution in [0.15, 0.2) is 24.3 Å². The van der Waals surface area contributed by atoms with E-state index in [0.29, 0.717) is 11.4 Å². The number of rotatable bonds is 3. The summed E-state index contributed by atoms with van der Waals surface area (Å²) < 4.78 is 26.3. The Bertz CT molecular complexity index is 586. The first-order valence-corrected chi connectivity index (χ1v) is 5.78. The molecule has 0 saturated heterocycles. The van der Waals surface area contributed by atoms with Crippen molar-refractivity contribution >= 4 is 23.4 Å². The third kappa shape index (κ3) is 3.29. The smallest absolute Gasteiger partial charge is 0.223 e. The van der Waals surface area contributed by atoms with E-state index in [1.54, 1.807) is 11.9 Å². The number of nitrogens with zero attached hydrogens (tertiary/aromatic N) is 3. The lowest BCUT2D eigenvalue weighted by molar-refractivity contribution is 0.571. The zero-order valence-corrected chi connectivity index (χ0v) is 10.8. The van der Waals surface area contributed by atoms with E-state index in [4.69, 9.17) is 17.3 Å². The highest BCUT2D eigenvalue weighted by atomic mass is 35.5. The highest BCUT2D eigenvalue weighted by Crippen LogP contribution is 2.19. The Balaban J connectivity index is 2.22. The summed E-state index contributed by atoms with van der Waals surface area (Å²) in [5.74, 6) is -0.728. The maximum Gasteiger partial charge on any atom is 0.223 e. The predicted octanol–water partition coefficient (Wildman–Crippen LogP) is 2.63. The topological polar surface area (TPSA) is 55.0 Å². The van der Waals surface area contributed by atoms with Crippen LogP contribution in [0.5, 0.6) is 0 Å². The minimum absolute atomic E-state index is 0.0360. The molecule has 1 heterocycles. The first kappa shape index (κ1) is 13.5. The van der Waals surface area contributed by atoms with Crippen molar-refractivity contribution in [1.82, 2.24) is 9.97 Å². The van der Waals surface area contributed by atoms with Gasteiger partial charge in [-0.3, -0.25) is 0 Å². The van der Waals surface area contributed by atoms with Crippen LogP contribution in [0.2, 0.25) is 5.15 Å². The molecule has 0 fully saturated rings. The molecular weight excluding hydrogens is 274 g/mol. The Labute approximate surface area is 113 Å². The molecule has 0 radical (unpaired) electrons. The number of nitrogens with two attached hydrogens (primary N) is 1. The molecule has 2 rings (SSSR count). The van der Waals surface area contributed by atoms with Gasteiger partial charge in [0.25, 0.3) is 0 Å². The van der Waals surface area contributed by atoms with E-state index in [1.807, 2.05) is 0 Å². The van der Waals surface area contributed by atoms with Crippen LogP contribution >= 0.6 is 11.6 Å². The Morgan fingerprint density at radius 3 is 2.63 bits per heavy atom. The number of hydrogen-bond donors (Lipinski definition) is 1. The van der Waals surface area contributed by atoms with E-state index in [2.05, 4.69) is 9.97 Å². The molecule has 2 N–H and O–H groups in total. The summed E-state index contributed by atoms with van der Waals surface area (Å²) in [5, 5.41) is 0.203. The van der Waals surface area contributed by atoms with Gasteiger partial charge in [0.2, 0.25) is 5.95 Å². The molecule has 0 aliphatic rings. The zero-order valence-electron chi connectivity index (χ0n) is 10.1. The fourth-order valence-corrected chi connectivity index (χ4v) is 1.79. The van der Waals surface area contributed by atoms with Gasteiger partial charge in [0.05, 0.1) is 0 Å². The summed E-state index contributed by atoms with van der Waals surface area (Å²) in [4.78, 5) is 9.36. The van der Waals surface area contributed by atoms with E-state index in [-0.39, 0.29) is 17.6 Å². The number of hydrogen-bond acceptors (Lipinski definition) is 4. The fraction of sp³-hybridized carbons (Fsp3) is 0.167. The van der Waals surface area contributed by atoms with Gasteiger partial charge in [0.1, 0.15) is 22.6 Å². The lowest BCUT2D eigenvalue weighted by Crippen LogP contribution is -2.19. The molecule has 100 valence electrons. The number of benzene rings is 1. The number of aromatic nitrogens is 2. The van der Waals surface area contributed by atoms with Crippen LogP contribution in [0.3, 0.4) is 0 Å². The monoisotopic (exact) mass is 284 g/mol. The molecule has 0 amide bonds. The number of halogens is 3. The Hall–Kier alpha value is -1.95. The van der Waals surface area contributed by atoms with Crippen molar-refractivity contribution < 1.29 is 8.78 Å². The molecule has 2 aromatic rings. The summed E-state index contributed by atoms with van der Waals surface area (Å²) in [7, 11) is 1.70. The van der Waals surface area contributed by atoms with Crippen molar-refractivity contribution in [3.8, 4) is 0 Å². The molecule has 7 heteroatoms. The Morgan fingerprint density at radius 2 is 2.00 bits per heavy atom. The second-order valence-electron chi connectivity index (χ2n) is 4.00. The molecule has 1 aromatic heterocycles. The quantitative estimate of drug-likeness (QED) is 0.881. The van der Waals surface area contributed by atoms with Gasteiger partial charge in [0.15, 0.2) is 0 Å². The van der Waals surface area contributed by atoms with E-state index in [0.717, 1.165) is 6.07 Å². The van der Waals surface area contributed by atoms with Gasteiger partial charge in [-0.2, -0.15) is 4.98 Å². The van der Waals surface area contributed by atoms with Gasteiger partial charge in [0, 0.05) is 31.3 Å². The molecule has 0 aliphatic carbocycles. The molecular formula is C12H11ClF2N4. The number of anilines is 2. The molecule has 0 bridgehead atoms. The molecule has 0 unspecified atom stereocenters. The summed E-state index contributed by atoms with van der Waals surface area (Å²) in [6, 6.07) is 4.94. The van der Waals surface area contributed by atoms with Gasteiger partial charge in [-0.25, -0.2) is 13.8 Å². The fourth-order valence-electron chi connectivity index (χ4n) is 1.60. The van der Waals surface area contributed by atoms with Crippen molar-refractivity contribution in [3.63, 3.8) is 0 Å². The molecule has 0 saturated carbocycles. The number of nitrogen functional groups attached to an aromatic ring is 1. The van der Waals surface area contributed by atoms with Gasteiger partial charge in [-0.15, -0.1) is 0 Å². The molecule has 0 atom stereocenters. The van der Waals surface area contributed by atoms with Gasteiger partial charge in [-0.1, -0.05) is 17.7 Å². The average Bonchev–Trinajstić information content (AvgIpc) is 2.31. The molecule has 0 spiro atoms. The molecule has 19 heavy (non-hydrogen) atoms. The zero-order chi connectivity index (χ0) is 14.0. The van der Waals surface area contributed by atoms with Crippen LogP contribution in [-0.2, 0) is 6.54 Å². The van der Waals surface area contributed by atoms with Gasteiger partial charge >= 0.3 is 0 Å². The standard InChI is InChI=1S/C12H11ClF2N4/c1-19(11-5-10(13)17-12(16)18-11)6-7-2-3-8(14)4-9(7)15/h2-5H,6H2,1H3,(H2,16,17,18). The second-order valence-corrected chi connectivity index (χ2v) is 4.39. The lowest BCUT2D eigenvalue weighted by atomic mass is 10.2. The SMILES string of the molecule is CN(Cc1ccc(F)cc1F)c1cc(Cl)nc(N)n1. The van der Waals surface area contributed by atoms with Crippen LogP contribution in [0.4, 0.5) is 20.5 Å². The maximum absolute atomic E-state index is 13.5. The Kier molecular flexibility index (Phi) is 3.80. The Morgan fingerprint density at radius 1 is 1.26 bits per heavy atom. The van der Waals surface area contributed by atoms with E-state index < -0.39 is 11.6 Å². The van der Waals surface area contributed by atoms with Gasteiger partial charge < -0.3 is 10.6 Å². The largest absolute Gasteiger partial charge is 0.368 e.